The third-order valence-corrected chi connectivity index (χ3v) is 5.70. The molecule has 1 heterocycles. The summed E-state index contributed by atoms with van der Waals surface area (Å²) in [6.07, 6.45) is 4.63. The zero-order valence-electron chi connectivity index (χ0n) is 16.5. The second kappa shape index (κ2) is 8.78. The lowest BCUT2D eigenvalue weighted by atomic mass is 9.95. The van der Waals surface area contributed by atoms with Crippen LogP contribution in [0.5, 0.6) is 0 Å². The fourth-order valence-electron chi connectivity index (χ4n) is 3.46. The fourth-order valence-corrected chi connectivity index (χ4v) is 3.58. The maximum absolute atomic E-state index is 12.4. The molecular formula is C21H26ClN3O3. The van der Waals surface area contributed by atoms with Gasteiger partial charge < -0.3 is 10.1 Å². The zero-order chi connectivity index (χ0) is 20.3. The van der Waals surface area contributed by atoms with E-state index in [1.54, 1.807) is 35.9 Å². The summed E-state index contributed by atoms with van der Waals surface area (Å²) in [5.41, 5.74) is 2.77. The molecule has 1 N–H and O–H groups in total. The van der Waals surface area contributed by atoms with Crippen LogP contribution >= 0.6 is 11.6 Å². The average Bonchev–Trinajstić information content (AvgIpc) is 2.96. The molecule has 1 fully saturated rings. The molecule has 1 aromatic carbocycles. The number of hydrogen-bond acceptors (Lipinski definition) is 4. The van der Waals surface area contributed by atoms with Gasteiger partial charge in [0.1, 0.15) is 0 Å². The average molecular weight is 404 g/mol. The van der Waals surface area contributed by atoms with Crippen molar-refractivity contribution in [3.63, 3.8) is 0 Å². The Hall–Kier alpha value is -2.34. The highest BCUT2D eigenvalue weighted by atomic mass is 35.5. The predicted molar refractivity (Wildman–Crippen MR) is 108 cm³/mol. The number of nitrogens with zero attached hydrogens (tertiary/aromatic N) is 2. The van der Waals surface area contributed by atoms with Gasteiger partial charge in [0.25, 0.3) is 5.91 Å². The Labute approximate surface area is 170 Å². The van der Waals surface area contributed by atoms with Crippen molar-refractivity contribution in [2.75, 3.05) is 0 Å². The molecule has 0 saturated heterocycles. The van der Waals surface area contributed by atoms with Crippen molar-refractivity contribution in [2.45, 2.75) is 65.0 Å². The molecule has 7 heteroatoms. The first-order chi connectivity index (χ1) is 13.4. The number of nitrogens with one attached hydrogen (secondary N) is 1. The van der Waals surface area contributed by atoms with E-state index in [0.29, 0.717) is 10.6 Å². The molecule has 28 heavy (non-hydrogen) atoms. The van der Waals surface area contributed by atoms with E-state index in [1.807, 2.05) is 13.8 Å². The molecule has 1 aromatic heterocycles. The van der Waals surface area contributed by atoms with Gasteiger partial charge in [-0.3, -0.25) is 4.79 Å². The number of esters is 1. The van der Waals surface area contributed by atoms with E-state index in [9.17, 15) is 9.59 Å². The van der Waals surface area contributed by atoms with Crippen LogP contribution in [-0.2, 0) is 9.53 Å². The molecule has 150 valence electrons. The summed E-state index contributed by atoms with van der Waals surface area (Å²) in [6, 6.07) is 7.06. The van der Waals surface area contributed by atoms with E-state index in [2.05, 4.69) is 10.4 Å². The first kappa shape index (κ1) is 20.4. The number of aryl methyl sites for hydroxylation is 1. The Kier molecular flexibility index (Phi) is 6.39. The van der Waals surface area contributed by atoms with Crippen LogP contribution in [0.15, 0.2) is 24.3 Å². The molecule has 1 unspecified atom stereocenters. The highest BCUT2D eigenvalue weighted by molar-refractivity contribution is 6.31. The predicted octanol–water partition coefficient (Wildman–Crippen LogP) is 4.14. The van der Waals surface area contributed by atoms with Crippen LogP contribution in [-0.4, -0.2) is 33.8 Å². The second-order valence-corrected chi connectivity index (χ2v) is 7.71. The SMILES string of the molecule is Cc1nn(-c2ccc(C(=O)OC(C)C(=O)NC3CCCCC3)cc2)c(C)c1Cl. The summed E-state index contributed by atoms with van der Waals surface area (Å²) >= 11 is 6.19. The van der Waals surface area contributed by atoms with Crippen LogP contribution in [0, 0.1) is 13.8 Å². The molecule has 3 rings (SSSR count). The lowest BCUT2D eigenvalue weighted by Gasteiger charge is -2.24. The van der Waals surface area contributed by atoms with E-state index >= 15 is 0 Å². The number of aromatic nitrogens is 2. The van der Waals surface area contributed by atoms with Crippen LogP contribution in [0.25, 0.3) is 5.69 Å². The summed E-state index contributed by atoms with van der Waals surface area (Å²) in [5.74, 6) is -0.765. The van der Waals surface area contributed by atoms with Gasteiger partial charge in [0.15, 0.2) is 6.10 Å². The Morgan fingerprint density at radius 3 is 2.39 bits per heavy atom. The van der Waals surface area contributed by atoms with Gasteiger partial charge in [0.2, 0.25) is 0 Å². The fraction of sp³-hybridized carbons (Fsp3) is 0.476. The number of carbonyl (C=O) groups excluding carboxylic acids is 2. The molecule has 0 aliphatic heterocycles. The van der Waals surface area contributed by atoms with Gasteiger partial charge in [-0.25, -0.2) is 9.48 Å². The van der Waals surface area contributed by atoms with Crippen LogP contribution in [0.3, 0.4) is 0 Å². The topological polar surface area (TPSA) is 73.2 Å². The smallest absolute Gasteiger partial charge is 0.338 e. The van der Waals surface area contributed by atoms with Gasteiger partial charge in [0, 0.05) is 6.04 Å². The maximum Gasteiger partial charge on any atom is 0.338 e. The summed E-state index contributed by atoms with van der Waals surface area (Å²) in [4.78, 5) is 24.7. The van der Waals surface area contributed by atoms with Gasteiger partial charge in [-0.1, -0.05) is 30.9 Å². The van der Waals surface area contributed by atoms with Crippen molar-refractivity contribution in [3.05, 3.63) is 46.2 Å². The monoisotopic (exact) mass is 403 g/mol. The van der Waals surface area contributed by atoms with Crippen LogP contribution in [0.4, 0.5) is 0 Å². The molecular weight excluding hydrogens is 378 g/mol. The van der Waals surface area contributed by atoms with E-state index in [0.717, 1.165) is 42.8 Å². The van der Waals surface area contributed by atoms with Crippen LogP contribution in [0.1, 0.15) is 60.8 Å². The Morgan fingerprint density at radius 1 is 1.18 bits per heavy atom. The highest BCUT2D eigenvalue weighted by Gasteiger charge is 2.23. The number of halogens is 1. The number of benzene rings is 1. The molecule has 0 radical (unpaired) electrons. The molecule has 6 nitrogen and oxygen atoms in total. The van der Waals surface area contributed by atoms with E-state index < -0.39 is 12.1 Å². The molecule has 0 bridgehead atoms. The minimum atomic E-state index is -0.830. The number of amides is 1. The minimum absolute atomic E-state index is 0.189. The molecule has 0 spiro atoms. The molecule has 1 saturated carbocycles. The number of hydrogen-bond donors (Lipinski definition) is 1. The molecule has 1 atom stereocenters. The van der Waals surface area contributed by atoms with Crippen molar-refractivity contribution >= 4 is 23.5 Å². The summed E-state index contributed by atoms with van der Waals surface area (Å²) < 4.78 is 7.07. The Balaban J connectivity index is 1.61. The van der Waals surface area contributed by atoms with Gasteiger partial charge in [0.05, 0.1) is 27.7 Å². The van der Waals surface area contributed by atoms with Gasteiger partial charge in [-0.2, -0.15) is 5.10 Å². The molecule has 1 aliphatic carbocycles. The summed E-state index contributed by atoms with van der Waals surface area (Å²) in [5, 5.41) is 8.00. The number of ether oxygens (including phenoxy) is 1. The van der Waals surface area contributed by atoms with Crippen molar-refractivity contribution in [2.24, 2.45) is 0 Å². The van der Waals surface area contributed by atoms with E-state index in [4.69, 9.17) is 16.3 Å². The lowest BCUT2D eigenvalue weighted by Crippen LogP contribution is -2.42. The number of carbonyl (C=O) groups is 2. The maximum atomic E-state index is 12.4. The standard InChI is InChI=1S/C21H26ClN3O3/c1-13-19(22)14(2)25(24-13)18-11-9-16(10-12-18)21(27)28-15(3)20(26)23-17-7-5-4-6-8-17/h9-12,15,17H,4-8H2,1-3H3,(H,23,26). The minimum Gasteiger partial charge on any atom is -0.449 e. The highest BCUT2D eigenvalue weighted by Crippen LogP contribution is 2.23. The normalized spacial score (nSPS) is 15.9. The Bertz CT molecular complexity index is 855. The van der Waals surface area contributed by atoms with Gasteiger partial charge in [-0.05, 0) is 57.9 Å². The Morgan fingerprint density at radius 2 is 1.82 bits per heavy atom. The largest absolute Gasteiger partial charge is 0.449 e. The van der Waals surface area contributed by atoms with Crippen LogP contribution < -0.4 is 5.32 Å². The van der Waals surface area contributed by atoms with E-state index in [1.165, 1.54) is 6.42 Å². The number of rotatable bonds is 5. The molecule has 1 aliphatic rings. The molecule has 2 aromatic rings. The first-order valence-electron chi connectivity index (χ1n) is 9.70. The van der Waals surface area contributed by atoms with E-state index in [-0.39, 0.29) is 11.9 Å². The molecule has 1 amide bonds. The second-order valence-electron chi connectivity index (χ2n) is 7.33. The lowest BCUT2D eigenvalue weighted by molar-refractivity contribution is -0.130. The zero-order valence-corrected chi connectivity index (χ0v) is 17.3. The van der Waals surface area contributed by atoms with Gasteiger partial charge in [-0.15, -0.1) is 0 Å². The first-order valence-corrected chi connectivity index (χ1v) is 10.1. The van der Waals surface area contributed by atoms with Crippen molar-refractivity contribution < 1.29 is 14.3 Å². The van der Waals surface area contributed by atoms with Crippen molar-refractivity contribution in [1.82, 2.24) is 15.1 Å². The third-order valence-electron chi connectivity index (χ3n) is 5.16. The van der Waals surface area contributed by atoms with Crippen molar-refractivity contribution in [3.8, 4) is 5.69 Å². The third kappa shape index (κ3) is 4.55. The van der Waals surface area contributed by atoms with Crippen LogP contribution in [0.2, 0.25) is 5.02 Å². The quantitative estimate of drug-likeness (QED) is 0.761. The summed E-state index contributed by atoms with van der Waals surface area (Å²) in [7, 11) is 0. The van der Waals surface area contributed by atoms with Crippen molar-refractivity contribution in [1.29, 1.82) is 0 Å². The summed E-state index contributed by atoms with van der Waals surface area (Å²) in [6.45, 7) is 5.33. The van der Waals surface area contributed by atoms with Gasteiger partial charge >= 0.3 is 5.97 Å².